The fourth-order valence-corrected chi connectivity index (χ4v) is 1.81. The Balaban J connectivity index is 2.17. The van der Waals surface area contributed by atoms with E-state index < -0.39 is 0 Å². The van der Waals surface area contributed by atoms with E-state index in [0.29, 0.717) is 6.61 Å². The SMILES string of the molecule is CCOC(=O)CC(N)c1cnc2ccccc2c1. The van der Waals surface area contributed by atoms with Crippen LogP contribution in [0.2, 0.25) is 0 Å². The summed E-state index contributed by atoms with van der Waals surface area (Å²) in [6, 6.07) is 9.39. The number of nitrogens with zero attached hydrogens (tertiary/aromatic N) is 1. The fourth-order valence-electron chi connectivity index (χ4n) is 1.81. The molecular weight excluding hydrogens is 228 g/mol. The minimum atomic E-state index is -0.374. The Morgan fingerprint density at radius 3 is 3.00 bits per heavy atom. The molecule has 0 spiro atoms. The van der Waals surface area contributed by atoms with E-state index in [0.717, 1.165) is 16.5 Å². The molecule has 0 aliphatic heterocycles. The predicted molar refractivity (Wildman–Crippen MR) is 69.9 cm³/mol. The molecule has 4 nitrogen and oxygen atoms in total. The van der Waals surface area contributed by atoms with E-state index in [2.05, 4.69) is 4.98 Å². The molecule has 0 bridgehead atoms. The molecule has 0 aliphatic rings. The van der Waals surface area contributed by atoms with E-state index in [1.165, 1.54) is 0 Å². The third-order valence-corrected chi connectivity index (χ3v) is 2.73. The number of fused-ring (bicyclic) bond motifs is 1. The number of nitrogens with two attached hydrogens (primary N) is 1. The highest BCUT2D eigenvalue weighted by molar-refractivity contribution is 5.79. The van der Waals surface area contributed by atoms with Gasteiger partial charge in [-0.05, 0) is 24.6 Å². The van der Waals surface area contributed by atoms with Crippen molar-refractivity contribution < 1.29 is 9.53 Å². The number of ether oxygens (including phenoxy) is 1. The van der Waals surface area contributed by atoms with Gasteiger partial charge in [0.2, 0.25) is 0 Å². The van der Waals surface area contributed by atoms with Crippen LogP contribution in [-0.2, 0) is 9.53 Å². The average Bonchev–Trinajstić information content (AvgIpc) is 2.38. The summed E-state index contributed by atoms with van der Waals surface area (Å²) in [5.41, 5.74) is 7.75. The summed E-state index contributed by atoms with van der Waals surface area (Å²) in [5.74, 6) is -0.279. The Morgan fingerprint density at radius 1 is 1.44 bits per heavy atom. The maximum absolute atomic E-state index is 11.4. The Morgan fingerprint density at radius 2 is 2.22 bits per heavy atom. The number of hydrogen-bond acceptors (Lipinski definition) is 4. The van der Waals surface area contributed by atoms with Crippen LogP contribution in [0, 0.1) is 0 Å². The normalized spacial score (nSPS) is 12.3. The van der Waals surface area contributed by atoms with Gasteiger partial charge in [-0.15, -0.1) is 0 Å². The van der Waals surface area contributed by atoms with Gasteiger partial charge in [-0.1, -0.05) is 18.2 Å². The number of esters is 1. The molecule has 0 radical (unpaired) electrons. The van der Waals surface area contributed by atoms with Gasteiger partial charge >= 0.3 is 5.97 Å². The van der Waals surface area contributed by atoms with Crippen molar-refractivity contribution in [2.24, 2.45) is 5.73 Å². The number of rotatable bonds is 4. The van der Waals surface area contributed by atoms with Gasteiger partial charge in [0.1, 0.15) is 0 Å². The second kappa shape index (κ2) is 5.60. The van der Waals surface area contributed by atoms with Crippen LogP contribution in [0.15, 0.2) is 36.5 Å². The molecule has 0 fully saturated rings. The lowest BCUT2D eigenvalue weighted by molar-refractivity contribution is -0.143. The molecule has 1 aromatic heterocycles. The van der Waals surface area contributed by atoms with Gasteiger partial charge in [0.25, 0.3) is 0 Å². The lowest BCUT2D eigenvalue weighted by Crippen LogP contribution is -2.17. The van der Waals surface area contributed by atoms with Gasteiger partial charge in [-0.3, -0.25) is 9.78 Å². The Hall–Kier alpha value is -1.94. The molecular formula is C14H16N2O2. The molecule has 2 rings (SSSR count). The van der Waals surface area contributed by atoms with Crippen molar-refractivity contribution >= 4 is 16.9 Å². The third-order valence-electron chi connectivity index (χ3n) is 2.73. The zero-order chi connectivity index (χ0) is 13.0. The molecule has 2 N–H and O–H groups in total. The van der Waals surface area contributed by atoms with Crippen LogP contribution in [0.25, 0.3) is 10.9 Å². The summed E-state index contributed by atoms with van der Waals surface area (Å²) in [6.45, 7) is 2.16. The highest BCUT2D eigenvalue weighted by Crippen LogP contribution is 2.19. The first-order valence-corrected chi connectivity index (χ1v) is 5.96. The van der Waals surface area contributed by atoms with Gasteiger partial charge in [0.15, 0.2) is 0 Å². The van der Waals surface area contributed by atoms with Crippen molar-refractivity contribution in [1.82, 2.24) is 4.98 Å². The molecule has 18 heavy (non-hydrogen) atoms. The quantitative estimate of drug-likeness (QED) is 0.837. The fraction of sp³-hybridized carbons (Fsp3) is 0.286. The lowest BCUT2D eigenvalue weighted by Gasteiger charge is -2.11. The second-order valence-electron chi connectivity index (χ2n) is 4.08. The van der Waals surface area contributed by atoms with Gasteiger partial charge < -0.3 is 10.5 Å². The van der Waals surface area contributed by atoms with Crippen LogP contribution in [0.3, 0.4) is 0 Å². The summed E-state index contributed by atoms with van der Waals surface area (Å²) >= 11 is 0. The van der Waals surface area contributed by atoms with Crippen molar-refractivity contribution in [2.75, 3.05) is 6.61 Å². The second-order valence-corrected chi connectivity index (χ2v) is 4.08. The van der Waals surface area contributed by atoms with Crippen molar-refractivity contribution in [3.8, 4) is 0 Å². The number of benzene rings is 1. The first-order valence-electron chi connectivity index (χ1n) is 5.96. The Labute approximate surface area is 106 Å². The van der Waals surface area contributed by atoms with E-state index in [1.807, 2.05) is 30.3 Å². The zero-order valence-electron chi connectivity index (χ0n) is 10.3. The number of para-hydroxylation sites is 1. The van der Waals surface area contributed by atoms with Crippen molar-refractivity contribution in [3.63, 3.8) is 0 Å². The molecule has 1 unspecified atom stereocenters. The minimum absolute atomic E-state index is 0.174. The molecule has 94 valence electrons. The molecule has 1 aromatic carbocycles. The van der Waals surface area contributed by atoms with E-state index in [1.54, 1.807) is 13.1 Å². The van der Waals surface area contributed by atoms with Crippen LogP contribution >= 0.6 is 0 Å². The van der Waals surface area contributed by atoms with Crippen LogP contribution < -0.4 is 5.73 Å². The summed E-state index contributed by atoms with van der Waals surface area (Å²) in [6.07, 6.45) is 1.89. The Bertz CT molecular complexity index is 554. The highest BCUT2D eigenvalue weighted by atomic mass is 16.5. The van der Waals surface area contributed by atoms with Gasteiger partial charge in [-0.2, -0.15) is 0 Å². The first-order chi connectivity index (χ1) is 8.70. The van der Waals surface area contributed by atoms with E-state index in [-0.39, 0.29) is 18.4 Å². The topological polar surface area (TPSA) is 65.2 Å². The van der Waals surface area contributed by atoms with Crippen molar-refractivity contribution in [3.05, 3.63) is 42.1 Å². The number of pyridine rings is 1. The zero-order valence-corrected chi connectivity index (χ0v) is 10.3. The van der Waals surface area contributed by atoms with Gasteiger partial charge in [0, 0.05) is 17.6 Å². The number of hydrogen-bond donors (Lipinski definition) is 1. The molecule has 1 heterocycles. The molecule has 1 atom stereocenters. The summed E-state index contributed by atoms with van der Waals surface area (Å²) < 4.78 is 4.88. The third kappa shape index (κ3) is 2.84. The molecule has 0 aliphatic carbocycles. The smallest absolute Gasteiger partial charge is 0.307 e. The first kappa shape index (κ1) is 12.5. The predicted octanol–water partition coefficient (Wildman–Crippen LogP) is 2.19. The van der Waals surface area contributed by atoms with Gasteiger partial charge in [0.05, 0.1) is 18.5 Å². The standard InChI is InChI=1S/C14H16N2O2/c1-2-18-14(17)8-12(15)11-7-10-5-3-4-6-13(10)16-9-11/h3-7,9,12H,2,8,15H2,1H3. The largest absolute Gasteiger partial charge is 0.466 e. The minimum Gasteiger partial charge on any atom is -0.466 e. The van der Waals surface area contributed by atoms with Gasteiger partial charge in [-0.25, -0.2) is 0 Å². The monoisotopic (exact) mass is 244 g/mol. The van der Waals surface area contributed by atoms with E-state index >= 15 is 0 Å². The maximum Gasteiger partial charge on any atom is 0.307 e. The molecule has 0 saturated heterocycles. The van der Waals surface area contributed by atoms with Crippen LogP contribution in [-0.4, -0.2) is 17.6 Å². The van der Waals surface area contributed by atoms with E-state index in [4.69, 9.17) is 10.5 Å². The van der Waals surface area contributed by atoms with Crippen LogP contribution in [0.5, 0.6) is 0 Å². The average molecular weight is 244 g/mol. The number of carbonyl (C=O) groups excluding carboxylic acids is 1. The molecule has 0 saturated carbocycles. The summed E-state index contributed by atoms with van der Waals surface area (Å²) in [4.78, 5) is 15.7. The van der Waals surface area contributed by atoms with Crippen molar-refractivity contribution in [1.29, 1.82) is 0 Å². The van der Waals surface area contributed by atoms with Crippen molar-refractivity contribution in [2.45, 2.75) is 19.4 Å². The number of carbonyl (C=O) groups is 1. The molecule has 2 aromatic rings. The molecule has 4 heteroatoms. The highest BCUT2D eigenvalue weighted by Gasteiger charge is 2.13. The lowest BCUT2D eigenvalue weighted by atomic mass is 10.0. The maximum atomic E-state index is 11.4. The van der Waals surface area contributed by atoms with Crippen LogP contribution in [0.1, 0.15) is 24.9 Å². The summed E-state index contributed by atoms with van der Waals surface area (Å²) in [7, 11) is 0. The van der Waals surface area contributed by atoms with Crippen LogP contribution in [0.4, 0.5) is 0 Å². The number of aromatic nitrogens is 1. The van der Waals surface area contributed by atoms with E-state index in [9.17, 15) is 4.79 Å². The molecule has 0 amide bonds. The summed E-state index contributed by atoms with van der Waals surface area (Å²) in [5, 5.41) is 1.02. The Kier molecular flexibility index (Phi) is 3.89.